The number of carbonyl (C=O) groups excluding carboxylic acids is 1. The Balaban J connectivity index is 3.59. The van der Waals surface area contributed by atoms with E-state index in [1.807, 2.05) is 6.92 Å². The molecule has 0 aliphatic heterocycles. The summed E-state index contributed by atoms with van der Waals surface area (Å²) in [7, 11) is 0. The minimum absolute atomic E-state index is 0.000963. The molecule has 0 heterocycles. The van der Waals surface area contributed by atoms with E-state index in [9.17, 15) is 9.90 Å². The van der Waals surface area contributed by atoms with Crippen molar-refractivity contribution < 1.29 is 14.6 Å². The van der Waals surface area contributed by atoms with Crippen LogP contribution in [-0.2, 0) is 9.53 Å². The number of hydrogen-bond donors (Lipinski definition) is 1. The number of esters is 1. The van der Waals surface area contributed by atoms with E-state index in [4.69, 9.17) is 4.74 Å². The van der Waals surface area contributed by atoms with Gasteiger partial charge >= 0.3 is 5.97 Å². The lowest BCUT2D eigenvalue weighted by Crippen LogP contribution is -2.16. The molecule has 0 aromatic rings. The molecule has 3 heteroatoms. The SMILES string of the molecule is CCCCCCCCCC[C@@H](O)[C@@H](C)/C=C/C(=O)OCC. The number of unbranched alkanes of at least 4 members (excludes halogenated alkanes) is 7. The molecule has 0 saturated heterocycles. The maximum absolute atomic E-state index is 11.2. The second-order valence-electron chi connectivity index (χ2n) is 5.80. The molecule has 0 fully saturated rings. The average Bonchev–Trinajstić information content (AvgIpc) is 2.47. The molecular formula is C18H34O3. The number of aliphatic hydroxyl groups excluding tert-OH is 1. The van der Waals surface area contributed by atoms with Gasteiger partial charge in [-0.3, -0.25) is 0 Å². The predicted octanol–water partition coefficient (Wildman–Crippen LogP) is 4.63. The molecule has 124 valence electrons. The summed E-state index contributed by atoms with van der Waals surface area (Å²) < 4.78 is 4.82. The van der Waals surface area contributed by atoms with E-state index in [-0.39, 0.29) is 18.0 Å². The molecule has 0 aliphatic rings. The second kappa shape index (κ2) is 14.1. The summed E-state index contributed by atoms with van der Waals surface area (Å²) in [5.74, 6) is -0.331. The highest BCUT2D eigenvalue weighted by Gasteiger charge is 2.11. The summed E-state index contributed by atoms with van der Waals surface area (Å²) >= 11 is 0. The zero-order chi connectivity index (χ0) is 15.9. The normalized spacial score (nSPS) is 14.3. The Hall–Kier alpha value is -0.830. The molecule has 0 rings (SSSR count). The third-order valence-electron chi connectivity index (χ3n) is 3.78. The largest absolute Gasteiger partial charge is 0.463 e. The second-order valence-corrected chi connectivity index (χ2v) is 5.80. The molecule has 0 aliphatic carbocycles. The zero-order valence-electron chi connectivity index (χ0n) is 14.1. The molecule has 0 amide bonds. The lowest BCUT2D eigenvalue weighted by molar-refractivity contribution is -0.137. The van der Waals surface area contributed by atoms with E-state index in [1.165, 1.54) is 51.0 Å². The molecular weight excluding hydrogens is 264 g/mol. The summed E-state index contributed by atoms with van der Waals surface area (Å²) in [4.78, 5) is 11.2. The zero-order valence-corrected chi connectivity index (χ0v) is 14.1. The number of carbonyl (C=O) groups is 1. The predicted molar refractivity (Wildman–Crippen MR) is 88.2 cm³/mol. The third-order valence-corrected chi connectivity index (χ3v) is 3.78. The first-order valence-corrected chi connectivity index (χ1v) is 8.64. The topological polar surface area (TPSA) is 46.5 Å². The smallest absolute Gasteiger partial charge is 0.330 e. The van der Waals surface area contributed by atoms with Gasteiger partial charge in [0.1, 0.15) is 0 Å². The van der Waals surface area contributed by atoms with Crippen molar-refractivity contribution in [3.05, 3.63) is 12.2 Å². The highest BCUT2D eigenvalue weighted by molar-refractivity contribution is 5.81. The van der Waals surface area contributed by atoms with E-state index >= 15 is 0 Å². The van der Waals surface area contributed by atoms with Gasteiger partial charge in [0.25, 0.3) is 0 Å². The molecule has 0 saturated carbocycles. The van der Waals surface area contributed by atoms with Crippen molar-refractivity contribution in [2.24, 2.45) is 5.92 Å². The van der Waals surface area contributed by atoms with Crippen molar-refractivity contribution in [3.8, 4) is 0 Å². The van der Waals surface area contributed by atoms with Crippen LogP contribution in [0.3, 0.4) is 0 Å². The summed E-state index contributed by atoms with van der Waals surface area (Å²) in [6, 6.07) is 0. The highest BCUT2D eigenvalue weighted by atomic mass is 16.5. The molecule has 0 bridgehead atoms. The van der Waals surface area contributed by atoms with Crippen molar-refractivity contribution in [3.63, 3.8) is 0 Å². The van der Waals surface area contributed by atoms with E-state index in [2.05, 4.69) is 6.92 Å². The summed E-state index contributed by atoms with van der Waals surface area (Å²) in [6.07, 6.45) is 13.8. The van der Waals surface area contributed by atoms with Crippen LogP contribution < -0.4 is 0 Å². The molecule has 2 atom stereocenters. The van der Waals surface area contributed by atoms with Crippen molar-refractivity contribution in [2.45, 2.75) is 84.7 Å². The lowest BCUT2D eigenvalue weighted by Gasteiger charge is -2.15. The fourth-order valence-electron chi connectivity index (χ4n) is 2.30. The van der Waals surface area contributed by atoms with Crippen LogP contribution >= 0.6 is 0 Å². The number of rotatable bonds is 13. The van der Waals surface area contributed by atoms with Gasteiger partial charge < -0.3 is 9.84 Å². The van der Waals surface area contributed by atoms with Crippen molar-refractivity contribution >= 4 is 5.97 Å². The number of ether oxygens (including phenoxy) is 1. The van der Waals surface area contributed by atoms with Crippen LogP contribution in [0.1, 0.15) is 78.6 Å². The van der Waals surface area contributed by atoms with Gasteiger partial charge in [0.15, 0.2) is 0 Å². The van der Waals surface area contributed by atoms with Crippen molar-refractivity contribution in [1.29, 1.82) is 0 Å². The maximum atomic E-state index is 11.2. The molecule has 3 nitrogen and oxygen atoms in total. The lowest BCUT2D eigenvalue weighted by atomic mass is 9.98. The molecule has 0 unspecified atom stereocenters. The van der Waals surface area contributed by atoms with Crippen LogP contribution in [0.15, 0.2) is 12.2 Å². The Morgan fingerprint density at radius 1 is 1.05 bits per heavy atom. The quantitative estimate of drug-likeness (QED) is 0.306. The van der Waals surface area contributed by atoms with Gasteiger partial charge in [-0.25, -0.2) is 4.79 Å². The van der Waals surface area contributed by atoms with Gasteiger partial charge in [0.05, 0.1) is 12.7 Å². The fourth-order valence-corrected chi connectivity index (χ4v) is 2.30. The highest BCUT2D eigenvalue weighted by Crippen LogP contribution is 2.15. The third kappa shape index (κ3) is 12.6. The van der Waals surface area contributed by atoms with E-state index in [1.54, 1.807) is 13.0 Å². The minimum Gasteiger partial charge on any atom is -0.463 e. The Morgan fingerprint density at radius 2 is 1.62 bits per heavy atom. The van der Waals surface area contributed by atoms with Crippen LogP contribution in [0.2, 0.25) is 0 Å². The monoisotopic (exact) mass is 298 g/mol. The van der Waals surface area contributed by atoms with Crippen LogP contribution in [0, 0.1) is 5.92 Å². The first-order chi connectivity index (χ1) is 10.1. The van der Waals surface area contributed by atoms with Gasteiger partial charge in [0.2, 0.25) is 0 Å². The molecule has 0 spiro atoms. The number of aliphatic hydroxyl groups is 1. The molecule has 21 heavy (non-hydrogen) atoms. The standard InChI is InChI=1S/C18H34O3/c1-4-6-7-8-9-10-11-12-13-17(19)16(3)14-15-18(20)21-5-2/h14-17,19H,4-13H2,1-3H3/b15-14+/t16-,17+/m0/s1. The maximum Gasteiger partial charge on any atom is 0.330 e. The summed E-state index contributed by atoms with van der Waals surface area (Å²) in [5.41, 5.74) is 0. The van der Waals surface area contributed by atoms with Gasteiger partial charge in [-0.05, 0) is 13.3 Å². The first-order valence-electron chi connectivity index (χ1n) is 8.64. The Morgan fingerprint density at radius 3 is 2.19 bits per heavy atom. The average molecular weight is 298 g/mol. The van der Waals surface area contributed by atoms with Crippen LogP contribution in [-0.4, -0.2) is 23.8 Å². The van der Waals surface area contributed by atoms with Crippen molar-refractivity contribution in [1.82, 2.24) is 0 Å². The van der Waals surface area contributed by atoms with Gasteiger partial charge in [0, 0.05) is 12.0 Å². The molecule has 0 aromatic carbocycles. The summed E-state index contributed by atoms with van der Waals surface area (Å²) in [6.45, 7) is 6.34. The van der Waals surface area contributed by atoms with Crippen LogP contribution in [0.25, 0.3) is 0 Å². The Bertz CT molecular complexity index is 274. The van der Waals surface area contributed by atoms with Gasteiger partial charge in [-0.1, -0.05) is 71.3 Å². The van der Waals surface area contributed by atoms with Gasteiger partial charge in [-0.15, -0.1) is 0 Å². The first kappa shape index (κ1) is 20.2. The molecule has 0 radical (unpaired) electrons. The van der Waals surface area contributed by atoms with Crippen LogP contribution in [0.5, 0.6) is 0 Å². The van der Waals surface area contributed by atoms with E-state index in [0.717, 1.165) is 12.8 Å². The Labute approximate surface area is 130 Å². The molecule has 0 aromatic heterocycles. The Kier molecular flexibility index (Phi) is 13.6. The van der Waals surface area contributed by atoms with E-state index in [0.29, 0.717) is 6.61 Å². The summed E-state index contributed by atoms with van der Waals surface area (Å²) in [5, 5.41) is 10.0. The minimum atomic E-state index is -0.365. The van der Waals surface area contributed by atoms with Crippen LogP contribution in [0.4, 0.5) is 0 Å². The molecule has 1 N–H and O–H groups in total. The number of hydrogen-bond acceptors (Lipinski definition) is 3. The van der Waals surface area contributed by atoms with Crippen molar-refractivity contribution in [2.75, 3.05) is 6.61 Å². The van der Waals surface area contributed by atoms with E-state index < -0.39 is 0 Å². The fraction of sp³-hybridized carbons (Fsp3) is 0.833. The van der Waals surface area contributed by atoms with Gasteiger partial charge in [-0.2, -0.15) is 0 Å².